The molecule has 4 rings (SSSR count). The zero-order chi connectivity index (χ0) is 20.2. The van der Waals surface area contributed by atoms with Gasteiger partial charge in [0.1, 0.15) is 0 Å². The van der Waals surface area contributed by atoms with E-state index in [0.29, 0.717) is 18.7 Å². The van der Waals surface area contributed by atoms with Crippen LogP contribution in [0.1, 0.15) is 19.4 Å². The average Bonchev–Trinajstić information content (AvgIpc) is 3.35. The molecule has 0 radical (unpaired) electrons. The molecule has 0 saturated heterocycles. The van der Waals surface area contributed by atoms with Crippen molar-refractivity contribution in [1.82, 2.24) is 9.88 Å². The fourth-order valence-electron chi connectivity index (χ4n) is 3.40. The van der Waals surface area contributed by atoms with E-state index in [-0.39, 0.29) is 12.7 Å². The SMILES string of the molecule is CCN(CC)CCN(C(=O)Cc1ccccc1)c1nc2cc3c(cc2s1)OCO3. The maximum Gasteiger partial charge on any atom is 0.233 e. The lowest BCUT2D eigenvalue weighted by molar-refractivity contribution is -0.118. The first-order valence-corrected chi connectivity index (χ1v) is 10.8. The largest absolute Gasteiger partial charge is 0.454 e. The third-order valence-electron chi connectivity index (χ3n) is 5.14. The number of amides is 1. The third kappa shape index (κ3) is 4.36. The maximum absolute atomic E-state index is 13.2. The number of nitrogens with zero attached hydrogens (tertiary/aromatic N) is 3. The van der Waals surface area contributed by atoms with Crippen molar-refractivity contribution in [3.63, 3.8) is 0 Å². The Morgan fingerprint density at radius 1 is 1.07 bits per heavy atom. The maximum atomic E-state index is 13.2. The molecule has 7 heteroatoms. The summed E-state index contributed by atoms with van der Waals surface area (Å²) in [5.74, 6) is 1.50. The van der Waals surface area contributed by atoms with Crippen molar-refractivity contribution in [2.45, 2.75) is 20.3 Å². The van der Waals surface area contributed by atoms with Gasteiger partial charge in [-0.2, -0.15) is 0 Å². The Hall–Kier alpha value is -2.64. The van der Waals surface area contributed by atoms with Crippen molar-refractivity contribution >= 4 is 32.6 Å². The van der Waals surface area contributed by atoms with Gasteiger partial charge in [0, 0.05) is 25.2 Å². The first-order valence-electron chi connectivity index (χ1n) is 9.94. The highest BCUT2D eigenvalue weighted by atomic mass is 32.1. The molecule has 0 bridgehead atoms. The molecule has 152 valence electrons. The molecule has 1 aromatic heterocycles. The molecule has 0 unspecified atom stereocenters. The second-order valence-electron chi connectivity index (χ2n) is 6.90. The zero-order valence-corrected chi connectivity index (χ0v) is 17.6. The molecule has 0 saturated carbocycles. The van der Waals surface area contributed by atoms with Gasteiger partial charge in [-0.1, -0.05) is 55.5 Å². The van der Waals surface area contributed by atoms with E-state index in [1.165, 1.54) is 11.3 Å². The number of likely N-dealkylation sites (N-methyl/N-ethyl adjacent to an activating group) is 1. The Kier molecular flexibility index (Phi) is 5.97. The molecule has 1 aliphatic rings. The van der Waals surface area contributed by atoms with Crippen LogP contribution < -0.4 is 14.4 Å². The third-order valence-corrected chi connectivity index (χ3v) is 6.18. The first kappa shape index (κ1) is 19.7. The topological polar surface area (TPSA) is 54.9 Å². The molecule has 1 amide bonds. The number of fused-ring (bicyclic) bond motifs is 2. The molecule has 6 nitrogen and oxygen atoms in total. The molecule has 3 aromatic rings. The molecule has 29 heavy (non-hydrogen) atoms. The molecule has 0 spiro atoms. The van der Waals surface area contributed by atoms with E-state index in [4.69, 9.17) is 14.5 Å². The van der Waals surface area contributed by atoms with Crippen LogP contribution in [0.15, 0.2) is 42.5 Å². The summed E-state index contributed by atoms with van der Waals surface area (Å²) < 4.78 is 11.9. The molecule has 0 N–H and O–H groups in total. The van der Waals surface area contributed by atoms with Crippen molar-refractivity contribution in [3.05, 3.63) is 48.0 Å². The van der Waals surface area contributed by atoms with Crippen LogP contribution >= 0.6 is 11.3 Å². The summed E-state index contributed by atoms with van der Waals surface area (Å²) in [6, 6.07) is 13.7. The molecule has 0 aliphatic carbocycles. The van der Waals surface area contributed by atoms with Gasteiger partial charge < -0.3 is 14.4 Å². The summed E-state index contributed by atoms with van der Waals surface area (Å²) in [4.78, 5) is 22.1. The second kappa shape index (κ2) is 8.80. The lowest BCUT2D eigenvalue weighted by atomic mass is 10.1. The predicted molar refractivity (Wildman–Crippen MR) is 116 cm³/mol. The van der Waals surface area contributed by atoms with Crippen LogP contribution in [0.4, 0.5) is 5.13 Å². The molecule has 2 heterocycles. The standard InChI is InChI=1S/C22H25N3O3S/c1-3-24(4-2)10-11-25(21(26)12-16-8-6-5-7-9-16)22-23-17-13-18-19(28-15-27-18)14-20(17)29-22/h5-9,13-14H,3-4,10-12,15H2,1-2H3. The van der Waals surface area contributed by atoms with Crippen LogP contribution in [0.25, 0.3) is 10.2 Å². The Bertz CT molecular complexity index is 945. The minimum Gasteiger partial charge on any atom is -0.454 e. The molecule has 1 aliphatic heterocycles. The minimum atomic E-state index is 0.0578. The summed E-state index contributed by atoms with van der Waals surface area (Å²) in [5.41, 5.74) is 1.84. The Labute approximate surface area is 174 Å². The smallest absolute Gasteiger partial charge is 0.233 e. The van der Waals surface area contributed by atoms with E-state index in [1.807, 2.05) is 47.4 Å². The summed E-state index contributed by atoms with van der Waals surface area (Å²) in [6.45, 7) is 7.85. The normalized spacial score (nSPS) is 12.7. The van der Waals surface area contributed by atoms with Gasteiger partial charge in [-0.25, -0.2) is 4.98 Å². The Balaban J connectivity index is 1.61. The van der Waals surface area contributed by atoms with E-state index in [9.17, 15) is 4.79 Å². The van der Waals surface area contributed by atoms with Gasteiger partial charge in [-0.15, -0.1) is 0 Å². The van der Waals surface area contributed by atoms with Crippen molar-refractivity contribution < 1.29 is 14.3 Å². The number of hydrogen-bond acceptors (Lipinski definition) is 6. The van der Waals surface area contributed by atoms with E-state index in [0.717, 1.165) is 46.3 Å². The van der Waals surface area contributed by atoms with E-state index < -0.39 is 0 Å². The van der Waals surface area contributed by atoms with Crippen molar-refractivity contribution in [2.75, 3.05) is 37.9 Å². The monoisotopic (exact) mass is 411 g/mol. The van der Waals surface area contributed by atoms with Gasteiger partial charge in [-0.3, -0.25) is 9.69 Å². The summed E-state index contributed by atoms with van der Waals surface area (Å²) in [5, 5.41) is 0.719. The minimum absolute atomic E-state index is 0.0578. The van der Waals surface area contributed by atoms with Gasteiger partial charge >= 0.3 is 0 Å². The molecular formula is C22H25N3O3S. The van der Waals surface area contributed by atoms with Crippen LogP contribution in [0.5, 0.6) is 11.5 Å². The van der Waals surface area contributed by atoms with Gasteiger partial charge in [0.15, 0.2) is 16.6 Å². The zero-order valence-electron chi connectivity index (χ0n) is 16.8. The fraction of sp³-hybridized carbons (Fsp3) is 0.364. The molecule has 2 aromatic carbocycles. The van der Waals surface area contributed by atoms with E-state index >= 15 is 0 Å². The van der Waals surface area contributed by atoms with E-state index in [2.05, 4.69) is 18.7 Å². The number of thiazole rings is 1. The van der Waals surface area contributed by atoms with Gasteiger partial charge in [0.05, 0.1) is 16.6 Å². The first-order chi connectivity index (χ1) is 14.2. The van der Waals surface area contributed by atoms with Gasteiger partial charge in [0.2, 0.25) is 12.7 Å². The van der Waals surface area contributed by atoms with Gasteiger partial charge in [0.25, 0.3) is 0 Å². The number of hydrogen-bond donors (Lipinski definition) is 0. The van der Waals surface area contributed by atoms with Crippen LogP contribution in [0.2, 0.25) is 0 Å². The van der Waals surface area contributed by atoms with Crippen LogP contribution in [0, 0.1) is 0 Å². The summed E-state index contributed by atoms with van der Waals surface area (Å²) in [7, 11) is 0. The summed E-state index contributed by atoms with van der Waals surface area (Å²) in [6.07, 6.45) is 0.359. The van der Waals surface area contributed by atoms with Crippen molar-refractivity contribution in [2.24, 2.45) is 0 Å². The molecule has 0 fully saturated rings. The van der Waals surface area contributed by atoms with Crippen LogP contribution in [-0.2, 0) is 11.2 Å². The number of anilines is 1. The highest BCUT2D eigenvalue weighted by Crippen LogP contribution is 2.39. The van der Waals surface area contributed by atoms with Gasteiger partial charge in [-0.05, 0) is 18.7 Å². The Morgan fingerprint density at radius 2 is 1.79 bits per heavy atom. The van der Waals surface area contributed by atoms with Crippen LogP contribution in [-0.4, -0.2) is 48.8 Å². The van der Waals surface area contributed by atoms with E-state index in [1.54, 1.807) is 0 Å². The number of ether oxygens (including phenoxy) is 2. The molecular weight excluding hydrogens is 386 g/mol. The number of rotatable bonds is 8. The average molecular weight is 412 g/mol. The van der Waals surface area contributed by atoms with Crippen molar-refractivity contribution in [3.8, 4) is 11.5 Å². The number of aromatic nitrogens is 1. The van der Waals surface area contributed by atoms with Crippen LogP contribution in [0.3, 0.4) is 0 Å². The number of benzene rings is 2. The number of carbonyl (C=O) groups is 1. The highest BCUT2D eigenvalue weighted by molar-refractivity contribution is 7.22. The number of carbonyl (C=O) groups excluding carboxylic acids is 1. The second-order valence-corrected chi connectivity index (χ2v) is 7.91. The predicted octanol–water partition coefficient (Wildman–Crippen LogP) is 3.94. The van der Waals surface area contributed by atoms with Crippen molar-refractivity contribution in [1.29, 1.82) is 0 Å². The highest BCUT2D eigenvalue weighted by Gasteiger charge is 2.23. The quantitative estimate of drug-likeness (QED) is 0.562. The fourth-order valence-corrected chi connectivity index (χ4v) is 4.41. The summed E-state index contributed by atoms with van der Waals surface area (Å²) >= 11 is 1.52. The lowest BCUT2D eigenvalue weighted by Gasteiger charge is -2.24. The molecule has 0 atom stereocenters. The Morgan fingerprint density at radius 3 is 2.52 bits per heavy atom. The lowest BCUT2D eigenvalue weighted by Crippen LogP contribution is -2.39.